The van der Waals surface area contributed by atoms with Gasteiger partial charge in [-0.3, -0.25) is 4.79 Å². The predicted molar refractivity (Wildman–Crippen MR) is 144 cm³/mol. The second-order valence-corrected chi connectivity index (χ2v) is 7.97. The highest BCUT2D eigenvalue weighted by molar-refractivity contribution is 5.95. The number of amides is 1. The van der Waals surface area contributed by atoms with E-state index < -0.39 is 0 Å². The molecule has 0 aliphatic carbocycles. The van der Waals surface area contributed by atoms with Gasteiger partial charge in [0.15, 0.2) is 11.5 Å². The zero-order valence-corrected chi connectivity index (χ0v) is 20.9. The van der Waals surface area contributed by atoms with Crippen LogP contribution in [0, 0.1) is 0 Å². The van der Waals surface area contributed by atoms with Gasteiger partial charge in [-0.05, 0) is 41.5 Å². The van der Waals surface area contributed by atoms with Crippen LogP contribution in [-0.4, -0.2) is 33.5 Å². The summed E-state index contributed by atoms with van der Waals surface area (Å²) in [5.41, 5.74) is 6.71. The minimum atomic E-state index is -0.336. The Morgan fingerprint density at radius 2 is 1.46 bits per heavy atom. The van der Waals surface area contributed by atoms with Crippen molar-refractivity contribution < 1.29 is 23.7 Å². The summed E-state index contributed by atoms with van der Waals surface area (Å²) in [4.78, 5) is 12.6. The van der Waals surface area contributed by atoms with Crippen LogP contribution in [-0.2, 0) is 6.61 Å². The Morgan fingerprint density at radius 3 is 2.16 bits per heavy atom. The molecule has 0 saturated carbocycles. The average molecular weight is 497 g/mol. The number of hydrogen-bond acceptors (Lipinski definition) is 6. The van der Waals surface area contributed by atoms with Crippen molar-refractivity contribution in [2.45, 2.75) is 6.61 Å². The minimum Gasteiger partial charge on any atom is -0.493 e. The highest BCUT2D eigenvalue weighted by atomic mass is 16.5. The monoisotopic (exact) mass is 496 g/mol. The van der Waals surface area contributed by atoms with Crippen LogP contribution in [0.3, 0.4) is 0 Å². The molecule has 188 valence electrons. The molecule has 0 saturated heterocycles. The predicted octanol–water partition coefficient (Wildman–Crippen LogP) is 5.72. The maximum Gasteiger partial charge on any atom is 0.271 e. The molecule has 4 rings (SSSR count). The zero-order valence-electron chi connectivity index (χ0n) is 20.9. The summed E-state index contributed by atoms with van der Waals surface area (Å²) in [5.74, 6) is 1.91. The summed E-state index contributed by atoms with van der Waals surface area (Å²) < 4.78 is 22.2. The molecule has 0 spiro atoms. The first-order valence-electron chi connectivity index (χ1n) is 11.6. The quantitative estimate of drug-likeness (QED) is 0.224. The third kappa shape index (κ3) is 6.08. The Morgan fingerprint density at radius 1 is 0.757 bits per heavy atom. The molecule has 1 amide bonds. The number of nitrogens with zero attached hydrogens (tertiary/aromatic N) is 1. The van der Waals surface area contributed by atoms with Crippen LogP contribution in [0.25, 0.3) is 11.1 Å². The third-order valence-corrected chi connectivity index (χ3v) is 5.69. The number of nitrogens with one attached hydrogen (secondary N) is 1. The third-order valence-electron chi connectivity index (χ3n) is 5.69. The largest absolute Gasteiger partial charge is 0.493 e. The number of carbonyl (C=O) groups excluding carboxylic acids is 1. The molecule has 0 atom stereocenters. The number of carbonyl (C=O) groups is 1. The molecule has 7 nitrogen and oxygen atoms in total. The van der Waals surface area contributed by atoms with Crippen LogP contribution in [0.2, 0.25) is 0 Å². The van der Waals surface area contributed by atoms with Gasteiger partial charge in [0.05, 0.1) is 27.5 Å². The van der Waals surface area contributed by atoms with Gasteiger partial charge in [-0.25, -0.2) is 5.43 Å². The number of methoxy groups -OCH3 is 3. The van der Waals surface area contributed by atoms with Crippen LogP contribution < -0.4 is 24.4 Å². The van der Waals surface area contributed by atoms with Crippen molar-refractivity contribution in [3.63, 3.8) is 0 Å². The van der Waals surface area contributed by atoms with E-state index in [1.165, 1.54) is 20.4 Å². The Bertz CT molecular complexity index is 1370. The van der Waals surface area contributed by atoms with Crippen LogP contribution in [0.15, 0.2) is 96.1 Å². The molecule has 0 bridgehead atoms. The Kier molecular flexibility index (Phi) is 8.39. The number of ether oxygens (including phenoxy) is 4. The average Bonchev–Trinajstić information content (AvgIpc) is 2.96. The first-order valence-corrected chi connectivity index (χ1v) is 11.6. The summed E-state index contributed by atoms with van der Waals surface area (Å²) in [6.45, 7) is 0.378. The van der Waals surface area contributed by atoms with Crippen LogP contribution in [0.5, 0.6) is 23.0 Å². The lowest BCUT2D eigenvalue weighted by molar-refractivity contribution is 0.0955. The van der Waals surface area contributed by atoms with Gasteiger partial charge in [0.25, 0.3) is 5.91 Å². The van der Waals surface area contributed by atoms with Gasteiger partial charge in [-0.1, -0.05) is 60.7 Å². The molecular weight excluding hydrogens is 468 g/mol. The topological polar surface area (TPSA) is 78.4 Å². The molecule has 0 fully saturated rings. The van der Waals surface area contributed by atoms with E-state index >= 15 is 0 Å². The summed E-state index contributed by atoms with van der Waals surface area (Å²) >= 11 is 0. The van der Waals surface area contributed by atoms with E-state index in [0.29, 0.717) is 35.0 Å². The molecule has 0 radical (unpaired) electrons. The minimum absolute atomic E-state index is 0.336. The molecule has 4 aromatic carbocycles. The van der Waals surface area contributed by atoms with Gasteiger partial charge in [-0.2, -0.15) is 5.10 Å². The first kappa shape index (κ1) is 25.3. The molecule has 37 heavy (non-hydrogen) atoms. The van der Waals surface area contributed by atoms with Crippen molar-refractivity contribution in [2.75, 3.05) is 21.3 Å². The fraction of sp³-hybridized carbons (Fsp3) is 0.133. The van der Waals surface area contributed by atoms with E-state index in [4.69, 9.17) is 18.9 Å². The van der Waals surface area contributed by atoms with Gasteiger partial charge in [0.1, 0.15) is 12.4 Å². The van der Waals surface area contributed by atoms with Gasteiger partial charge < -0.3 is 18.9 Å². The van der Waals surface area contributed by atoms with E-state index in [0.717, 1.165) is 22.4 Å². The SMILES string of the molecule is COc1ccc(C=NNC(=O)c2ccc(COc3ccccc3-c3ccccc3)cc2)c(OC)c1OC. The molecule has 1 N–H and O–H groups in total. The second-order valence-electron chi connectivity index (χ2n) is 7.97. The van der Waals surface area contributed by atoms with Gasteiger partial charge in [-0.15, -0.1) is 0 Å². The van der Waals surface area contributed by atoms with Crippen molar-refractivity contribution in [3.05, 3.63) is 108 Å². The van der Waals surface area contributed by atoms with E-state index in [1.54, 1.807) is 31.4 Å². The lowest BCUT2D eigenvalue weighted by atomic mass is 10.0. The number of hydrogen-bond donors (Lipinski definition) is 1. The van der Waals surface area contributed by atoms with E-state index in [1.807, 2.05) is 54.6 Å². The molecule has 7 heteroatoms. The summed E-state index contributed by atoms with van der Waals surface area (Å²) in [6, 6.07) is 28.8. The Balaban J connectivity index is 1.38. The molecular formula is C30H28N2O5. The zero-order chi connectivity index (χ0) is 26.0. The van der Waals surface area contributed by atoms with Crippen molar-refractivity contribution in [1.29, 1.82) is 0 Å². The standard InChI is InChI=1S/C30H28N2O5/c1-34-27-18-17-24(28(35-2)29(27)36-3)19-31-32-30(33)23-15-13-21(14-16-23)20-37-26-12-8-7-11-25(26)22-9-5-4-6-10-22/h4-19H,20H2,1-3H3,(H,32,33). The highest BCUT2D eigenvalue weighted by Gasteiger charge is 2.15. The Hall–Kier alpha value is -4.78. The normalized spacial score (nSPS) is 10.7. The maximum absolute atomic E-state index is 12.6. The molecule has 0 heterocycles. The number of para-hydroxylation sites is 1. The lowest BCUT2D eigenvalue weighted by Gasteiger charge is -2.13. The molecule has 0 aliphatic rings. The van der Waals surface area contributed by atoms with Gasteiger partial charge in [0, 0.05) is 16.7 Å². The maximum atomic E-state index is 12.6. The van der Waals surface area contributed by atoms with Crippen molar-refractivity contribution in [3.8, 4) is 34.1 Å². The van der Waals surface area contributed by atoms with E-state index in [9.17, 15) is 4.79 Å². The van der Waals surface area contributed by atoms with Gasteiger partial charge >= 0.3 is 0 Å². The van der Waals surface area contributed by atoms with Crippen molar-refractivity contribution >= 4 is 12.1 Å². The first-order chi connectivity index (χ1) is 18.1. The molecule has 4 aromatic rings. The Labute approximate surface area is 216 Å². The van der Waals surface area contributed by atoms with Crippen LogP contribution in [0.4, 0.5) is 0 Å². The van der Waals surface area contributed by atoms with Crippen LogP contribution in [0.1, 0.15) is 21.5 Å². The van der Waals surface area contributed by atoms with Crippen molar-refractivity contribution in [1.82, 2.24) is 5.43 Å². The smallest absolute Gasteiger partial charge is 0.271 e. The summed E-state index contributed by atoms with van der Waals surface area (Å²) in [5, 5.41) is 4.07. The fourth-order valence-electron chi connectivity index (χ4n) is 3.81. The number of benzene rings is 4. The van der Waals surface area contributed by atoms with E-state index in [-0.39, 0.29) is 5.91 Å². The molecule has 0 aliphatic heterocycles. The number of rotatable bonds is 10. The molecule has 0 aromatic heterocycles. The van der Waals surface area contributed by atoms with Gasteiger partial charge in [0.2, 0.25) is 5.75 Å². The second kappa shape index (κ2) is 12.3. The number of hydrazone groups is 1. The van der Waals surface area contributed by atoms with Crippen molar-refractivity contribution in [2.24, 2.45) is 5.10 Å². The van der Waals surface area contributed by atoms with E-state index in [2.05, 4.69) is 22.7 Å². The lowest BCUT2D eigenvalue weighted by Crippen LogP contribution is -2.17. The highest BCUT2D eigenvalue weighted by Crippen LogP contribution is 2.39. The summed E-state index contributed by atoms with van der Waals surface area (Å²) in [7, 11) is 4.60. The fourth-order valence-corrected chi connectivity index (χ4v) is 3.81. The van der Waals surface area contributed by atoms with Crippen LogP contribution >= 0.6 is 0 Å². The molecule has 0 unspecified atom stereocenters. The summed E-state index contributed by atoms with van der Waals surface area (Å²) in [6.07, 6.45) is 1.49.